The summed E-state index contributed by atoms with van der Waals surface area (Å²) in [5, 5.41) is 23.4. The van der Waals surface area contributed by atoms with Crippen LogP contribution >= 0.6 is 0 Å². The highest BCUT2D eigenvalue weighted by molar-refractivity contribution is 5.93. The molecule has 3 aromatic carbocycles. The maximum absolute atomic E-state index is 12.4. The SMILES string of the molecule is C[C@@H]([C@H](O)c1ccccc1)N(C)C[C@H]1C[C@@H](c2ccc(CO)cc2)O[C@@H](c2ccc(CNC(=O)c3cccnc3)cc2)O1. The number of aliphatic hydroxyl groups is 2. The van der Waals surface area contributed by atoms with Crippen LogP contribution in [0, 0.1) is 0 Å². The molecule has 0 saturated carbocycles. The Morgan fingerprint density at radius 3 is 2.33 bits per heavy atom. The maximum atomic E-state index is 12.4. The van der Waals surface area contributed by atoms with Crippen LogP contribution in [-0.2, 0) is 22.6 Å². The van der Waals surface area contributed by atoms with Gasteiger partial charge in [0.15, 0.2) is 6.29 Å². The number of benzene rings is 3. The van der Waals surface area contributed by atoms with Crippen molar-refractivity contribution in [3.8, 4) is 0 Å². The summed E-state index contributed by atoms with van der Waals surface area (Å²) in [7, 11) is 2.00. The topological polar surface area (TPSA) is 104 Å². The number of nitrogens with one attached hydrogen (secondary N) is 1. The van der Waals surface area contributed by atoms with Gasteiger partial charge in [-0.05, 0) is 48.4 Å². The number of ether oxygens (including phenoxy) is 2. The molecule has 8 heteroatoms. The number of hydrogen-bond donors (Lipinski definition) is 3. The van der Waals surface area contributed by atoms with Crippen molar-refractivity contribution in [2.75, 3.05) is 13.6 Å². The van der Waals surface area contributed by atoms with E-state index in [1.807, 2.05) is 92.8 Å². The lowest BCUT2D eigenvalue weighted by Crippen LogP contribution is -2.43. The predicted octanol–water partition coefficient (Wildman–Crippen LogP) is 5.10. The highest BCUT2D eigenvalue weighted by Gasteiger charge is 2.34. The molecule has 0 aliphatic carbocycles. The minimum absolute atomic E-state index is 0.0123. The summed E-state index contributed by atoms with van der Waals surface area (Å²) in [5.41, 5.74) is 5.09. The lowest BCUT2D eigenvalue weighted by atomic mass is 9.98. The molecule has 2 heterocycles. The number of hydrogen-bond acceptors (Lipinski definition) is 7. The van der Waals surface area contributed by atoms with E-state index in [2.05, 4.69) is 15.2 Å². The van der Waals surface area contributed by atoms with E-state index in [-0.39, 0.29) is 30.8 Å². The summed E-state index contributed by atoms with van der Waals surface area (Å²) in [6, 6.07) is 28.7. The van der Waals surface area contributed by atoms with Gasteiger partial charge in [0.1, 0.15) is 0 Å². The summed E-state index contributed by atoms with van der Waals surface area (Å²) in [4.78, 5) is 18.5. The van der Waals surface area contributed by atoms with Crippen LogP contribution < -0.4 is 5.32 Å². The number of rotatable bonds is 11. The monoisotopic (exact) mass is 581 g/mol. The summed E-state index contributed by atoms with van der Waals surface area (Å²) >= 11 is 0. The Balaban J connectivity index is 1.28. The predicted molar refractivity (Wildman–Crippen MR) is 164 cm³/mol. The first kappa shape index (κ1) is 30.5. The normalized spacial score (nSPS) is 20.0. The van der Waals surface area contributed by atoms with Crippen LogP contribution in [0.1, 0.15) is 70.0 Å². The van der Waals surface area contributed by atoms with E-state index in [0.29, 0.717) is 25.1 Å². The first-order valence-corrected chi connectivity index (χ1v) is 14.6. The Morgan fingerprint density at radius 2 is 1.65 bits per heavy atom. The fourth-order valence-corrected chi connectivity index (χ4v) is 5.26. The molecule has 1 aliphatic heterocycles. The molecule has 224 valence electrons. The van der Waals surface area contributed by atoms with Gasteiger partial charge in [0.2, 0.25) is 0 Å². The Kier molecular flexibility index (Phi) is 10.3. The van der Waals surface area contributed by atoms with Crippen molar-refractivity contribution in [2.24, 2.45) is 0 Å². The van der Waals surface area contributed by atoms with Crippen molar-refractivity contribution in [3.05, 3.63) is 137 Å². The molecule has 1 amide bonds. The van der Waals surface area contributed by atoms with Gasteiger partial charge in [-0.1, -0.05) is 78.9 Å². The Bertz CT molecular complexity index is 1430. The van der Waals surface area contributed by atoms with Gasteiger partial charge >= 0.3 is 0 Å². The molecule has 1 saturated heterocycles. The van der Waals surface area contributed by atoms with Gasteiger partial charge in [-0.25, -0.2) is 0 Å². The van der Waals surface area contributed by atoms with E-state index >= 15 is 0 Å². The number of aromatic nitrogens is 1. The molecule has 1 fully saturated rings. The Hall–Kier alpha value is -3.92. The highest BCUT2D eigenvalue weighted by atomic mass is 16.7. The van der Waals surface area contributed by atoms with Crippen LogP contribution in [-0.4, -0.2) is 51.7 Å². The third kappa shape index (κ3) is 7.93. The second kappa shape index (κ2) is 14.5. The van der Waals surface area contributed by atoms with Crippen molar-refractivity contribution in [3.63, 3.8) is 0 Å². The Morgan fingerprint density at radius 1 is 0.953 bits per heavy atom. The van der Waals surface area contributed by atoms with Crippen LogP contribution in [0.2, 0.25) is 0 Å². The highest BCUT2D eigenvalue weighted by Crippen LogP contribution is 2.38. The number of nitrogens with zero attached hydrogens (tertiary/aromatic N) is 2. The van der Waals surface area contributed by atoms with Gasteiger partial charge in [0.25, 0.3) is 5.91 Å². The summed E-state index contributed by atoms with van der Waals surface area (Å²) in [6.07, 6.45) is 2.23. The zero-order chi connectivity index (χ0) is 30.2. The van der Waals surface area contributed by atoms with E-state index in [1.165, 1.54) is 0 Å². The van der Waals surface area contributed by atoms with E-state index in [0.717, 1.165) is 27.8 Å². The molecule has 1 aliphatic rings. The quantitative estimate of drug-likeness (QED) is 0.226. The fourth-order valence-electron chi connectivity index (χ4n) is 5.26. The lowest BCUT2D eigenvalue weighted by molar-refractivity contribution is -0.253. The van der Waals surface area contributed by atoms with Gasteiger partial charge < -0.3 is 25.0 Å². The van der Waals surface area contributed by atoms with Crippen molar-refractivity contribution in [2.45, 2.75) is 57.1 Å². The summed E-state index contributed by atoms with van der Waals surface area (Å²) in [5.74, 6) is -0.176. The molecular weight excluding hydrogens is 542 g/mol. The van der Waals surface area contributed by atoms with Crippen molar-refractivity contribution >= 4 is 5.91 Å². The third-order valence-electron chi connectivity index (χ3n) is 8.03. The maximum Gasteiger partial charge on any atom is 0.253 e. The first-order chi connectivity index (χ1) is 20.9. The summed E-state index contributed by atoms with van der Waals surface area (Å²) < 4.78 is 13.0. The van der Waals surface area contributed by atoms with Crippen LogP contribution in [0.25, 0.3) is 0 Å². The number of amides is 1. The van der Waals surface area contributed by atoms with E-state index in [4.69, 9.17) is 9.47 Å². The third-order valence-corrected chi connectivity index (χ3v) is 8.03. The fraction of sp³-hybridized carbons (Fsp3) is 0.314. The average Bonchev–Trinajstić information content (AvgIpc) is 3.07. The zero-order valence-electron chi connectivity index (χ0n) is 24.5. The Labute approximate surface area is 252 Å². The first-order valence-electron chi connectivity index (χ1n) is 14.6. The van der Waals surface area contributed by atoms with Crippen molar-refractivity contribution in [1.82, 2.24) is 15.2 Å². The molecule has 3 N–H and O–H groups in total. The van der Waals surface area contributed by atoms with Crippen LogP contribution in [0.3, 0.4) is 0 Å². The largest absolute Gasteiger partial charge is 0.392 e. The molecule has 8 nitrogen and oxygen atoms in total. The molecule has 5 atom stereocenters. The second-order valence-electron chi connectivity index (χ2n) is 11.1. The van der Waals surface area contributed by atoms with E-state index in [1.54, 1.807) is 24.5 Å². The molecule has 0 spiro atoms. The number of pyridine rings is 1. The van der Waals surface area contributed by atoms with Crippen LogP contribution in [0.15, 0.2) is 103 Å². The minimum atomic E-state index is -0.630. The van der Waals surface area contributed by atoms with Gasteiger partial charge in [-0.15, -0.1) is 0 Å². The second-order valence-corrected chi connectivity index (χ2v) is 11.1. The molecule has 5 rings (SSSR count). The molecule has 43 heavy (non-hydrogen) atoms. The molecule has 0 unspecified atom stereocenters. The number of carbonyl (C=O) groups is 1. The lowest BCUT2D eigenvalue weighted by Gasteiger charge is -2.39. The van der Waals surface area contributed by atoms with Crippen molar-refractivity contribution < 1.29 is 24.5 Å². The average molecular weight is 582 g/mol. The van der Waals surface area contributed by atoms with E-state index < -0.39 is 12.4 Å². The van der Waals surface area contributed by atoms with Crippen LogP contribution in [0.4, 0.5) is 0 Å². The zero-order valence-corrected chi connectivity index (χ0v) is 24.5. The van der Waals surface area contributed by atoms with Gasteiger partial charge in [-0.2, -0.15) is 0 Å². The molecule has 4 aromatic rings. The van der Waals surface area contributed by atoms with Gasteiger partial charge in [0, 0.05) is 43.5 Å². The standard InChI is InChI=1S/C35H39N3O5/c1-24(33(40)28-7-4-3-5-8-28)38(2)22-31-19-32(27-14-12-26(23-39)13-15-27)43-35(42-31)29-16-10-25(11-17-29)20-37-34(41)30-9-6-18-36-21-30/h3-18,21,24,31-33,35,39-40H,19-20,22-23H2,1-2H3,(H,37,41)/t24-,31+,32-,33-,35-/m0/s1. The van der Waals surface area contributed by atoms with Crippen molar-refractivity contribution in [1.29, 1.82) is 0 Å². The molecule has 0 radical (unpaired) electrons. The van der Waals surface area contributed by atoms with E-state index in [9.17, 15) is 15.0 Å². The van der Waals surface area contributed by atoms with Gasteiger partial charge in [-0.3, -0.25) is 14.7 Å². The smallest absolute Gasteiger partial charge is 0.253 e. The number of aliphatic hydroxyl groups excluding tert-OH is 2. The summed E-state index contributed by atoms with van der Waals surface area (Å²) in [6.45, 7) is 3.00. The van der Waals surface area contributed by atoms with Crippen LogP contribution in [0.5, 0.6) is 0 Å². The van der Waals surface area contributed by atoms with Gasteiger partial charge in [0.05, 0.1) is 30.5 Å². The molecule has 1 aromatic heterocycles. The number of likely N-dealkylation sites (N-methyl/N-ethyl adjacent to an activating group) is 1. The molecular formula is C35H39N3O5. The minimum Gasteiger partial charge on any atom is -0.392 e. The number of carbonyl (C=O) groups excluding carboxylic acids is 1. The molecule has 0 bridgehead atoms.